The van der Waals surface area contributed by atoms with Crippen LogP contribution in [0.3, 0.4) is 0 Å². The fourth-order valence-electron chi connectivity index (χ4n) is 2.21. The smallest absolute Gasteiger partial charge is 0.295 e. The molecule has 1 N–H and O–H groups in total. The normalized spacial score (nSPS) is 17.4. The molecule has 8 heteroatoms. The lowest BCUT2D eigenvalue weighted by atomic mass is 10.2. The molecule has 0 bridgehead atoms. The van der Waals surface area contributed by atoms with Crippen molar-refractivity contribution in [3.8, 4) is 0 Å². The van der Waals surface area contributed by atoms with Gasteiger partial charge in [-0.05, 0) is 30.0 Å². The van der Waals surface area contributed by atoms with Crippen molar-refractivity contribution in [3.05, 3.63) is 64.7 Å². The van der Waals surface area contributed by atoms with Gasteiger partial charge in [0.05, 0.1) is 10.6 Å². The molecule has 1 aliphatic rings. The van der Waals surface area contributed by atoms with Crippen molar-refractivity contribution >= 4 is 40.0 Å². The molecule has 7 nitrogen and oxygen atoms in total. The molecule has 0 aromatic heterocycles. The third-order valence-corrected chi connectivity index (χ3v) is 4.19. The van der Waals surface area contributed by atoms with Crippen molar-refractivity contribution in [2.24, 2.45) is 0 Å². The third kappa shape index (κ3) is 2.88. The van der Waals surface area contributed by atoms with Gasteiger partial charge in [-0.2, -0.15) is 0 Å². The number of nitro groups is 1. The number of benzene rings is 2. The second kappa shape index (κ2) is 6.09. The summed E-state index contributed by atoms with van der Waals surface area (Å²) >= 11 is 0.796. The van der Waals surface area contributed by atoms with Crippen LogP contribution in [-0.2, 0) is 4.79 Å². The topological polar surface area (TPSA) is 92.5 Å². The highest BCUT2D eigenvalue weighted by atomic mass is 32.2. The van der Waals surface area contributed by atoms with Crippen LogP contribution in [0.25, 0.3) is 0 Å². The van der Waals surface area contributed by atoms with Crippen LogP contribution in [0.2, 0.25) is 0 Å². The molecule has 0 spiro atoms. The lowest BCUT2D eigenvalue weighted by molar-refractivity contribution is -0.384. The molecule has 2 aromatic rings. The maximum Gasteiger partial charge on any atom is 0.295 e. The summed E-state index contributed by atoms with van der Waals surface area (Å²) in [5, 5.41) is 12.5. The summed E-state index contributed by atoms with van der Waals surface area (Å²) in [5.41, 5.74) is 0.527. The average molecular weight is 329 g/mol. The summed E-state index contributed by atoms with van der Waals surface area (Å²) in [7, 11) is 0. The first-order chi connectivity index (χ1) is 11.1. The second-order valence-corrected chi connectivity index (χ2v) is 5.75. The first-order valence-corrected chi connectivity index (χ1v) is 7.55. The van der Waals surface area contributed by atoms with E-state index >= 15 is 0 Å². The fraction of sp³-hybridized carbons (Fsp3) is 0.0667. The summed E-state index contributed by atoms with van der Waals surface area (Å²) in [6, 6.07) is 14.5. The fourth-order valence-corrected chi connectivity index (χ4v) is 3.10. The minimum Gasteiger partial charge on any atom is -0.359 e. The molecule has 116 valence electrons. The number of hydrogen-bond donors (Lipinski definition) is 1. The van der Waals surface area contributed by atoms with Gasteiger partial charge < -0.3 is 5.32 Å². The Morgan fingerprint density at radius 1 is 1.04 bits per heavy atom. The van der Waals surface area contributed by atoms with Gasteiger partial charge in [0.1, 0.15) is 5.69 Å². The summed E-state index contributed by atoms with van der Waals surface area (Å²) in [5.74, 6) is -0.454. The van der Waals surface area contributed by atoms with Crippen LogP contribution >= 0.6 is 11.8 Å². The Labute approximate surface area is 135 Å². The van der Waals surface area contributed by atoms with Crippen molar-refractivity contribution in [2.75, 3.05) is 10.2 Å². The minimum atomic E-state index is -0.899. The van der Waals surface area contributed by atoms with E-state index in [2.05, 4.69) is 5.32 Å². The minimum absolute atomic E-state index is 0.147. The zero-order valence-corrected chi connectivity index (χ0v) is 12.5. The average Bonchev–Trinajstić information content (AvgIpc) is 2.82. The lowest BCUT2D eigenvalue weighted by Crippen LogP contribution is -2.34. The Morgan fingerprint density at radius 2 is 1.70 bits per heavy atom. The molecule has 1 aliphatic heterocycles. The molecular weight excluding hydrogens is 318 g/mol. The van der Waals surface area contributed by atoms with Gasteiger partial charge in [0.25, 0.3) is 16.8 Å². The Morgan fingerprint density at radius 3 is 2.39 bits per heavy atom. The van der Waals surface area contributed by atoms with Crippen molar-refractivity contribution < 1.29 is 14.5 Å². The van der Waals surface area contributed by atoms with Crippen molar-refractivity contribution in [1.82, 2.24) is 0 Å². The van der Waals surface area contributed by atoms with Crippen LogP contribution in [0.5, 0.6) is 0 Å². The van der Waals surface area contributed by atoms with Crippen molar-refractivity contribution in [2.45, 2.75) is 5.37 Å². The number of para-hydroxylation sites is 3. The first kappa shape index (κ1) is 15.0. The number of carbonyl (C=O) groups is 2. The number of rotatable bonds is 4. The summed E-state index contributed by atoms with van der Waals surface area (Å²) < 4.78 is 0. The number of nitro benzene ring substituents is 1. The van der Waals surface area contributed by atoms with E-state index in [1.165, 1.54) is 18.2 Å². The predicted molar refractivity (Wildman–Crippen MR) is 87.4 cm³/mol. The number of nitrogens with zero attached hydrogens (tertiary/aromatic N) is 2. The van der Waals surface area contributed by atoms with E-state index in [-0.39, 0.29) is 11.4 Å². The highest BCUT2D eigenvalue weighted by Gasteiger charge is 2.41. The van der Waals surface area contributed by atoms with Gasteiger partial charge in [-0.25, -0.2) is 4.90 Å². The van der Waals surface area contributed by atoms with Gasteiger partial charge in [-0.3, -0.25) is 19.7 Å². The van der Waals surface area contributed by atoms with Gasteiger partial charge >= 0.3 is 0 Å². The Hall–Kier alpha value is -2.87. The zero-order valence-electron chi connectivity index (χ0n) is 11.7. The molecule has 0 aliphatic carbocycles. The Balaban J connectivity index is 1.85. The van der Waals surface area contributed by atoms with E-state index in [0.29, 0.717) is 5.69 Å². The Kier molecular flexibility index (Phi) is 3.98. The molecule has 3 rings (SSSR count). The molecule has 1 atom stereocenters. The predicted octanol–water partition coefficient (Wildman–Crippen LogP) is 3.23. The highest BCUT2D eigenvalue weighted by Crippen LogP contribution is 2.34. The number of nitrogens with one attached hydrogen (secondary N) is 1. The van der Waals surface area contributed by atoms with Gasteiger partial charge in [0.15, 0.2) is 5.37 Å². The molecule has 0 radical (unpaired) electrons. The van der Waals surface area contributed by atoms with Crippen LogP contribution in [0, 0.1) is 10.1 Å². The van der Waals surface area contributed by atoms with E-state index in [0.717, 1.165) is 16.7 Å². The van der Waals surface area contributed by atoms with E-state index in [1.807, 2.05) is 0 Å². The first-order valence-electron chi connectivity index (χ1n) is 6.67. The standard InChI is InChI=1S/C15H11N3O4S/c19-14-13(16-11-8-4-5-9-12(11)18(21)22)23-15(20)17(14)10-6-2-1-3-7-10/h1-9,13,16H. The van der Waals surface area contributed by atoms with Crippen LogP contribution in [-0.4, -0.2) is 21.4 Å². The Bertz CT molecular complexity index is 781. The zero-order chi connectivity index (χ0) is 16.4. The highest BCUT2D eigenvalue weighted by molar-refractivity contribution is 8.16. The second-order valence-electron chi connectivity index (χ2n) is 4.69. The molecular formula is C15H11N3O4S. The number of carbonyl (C=O) groups excluding carboxylic acids is 2. The molecule has 1 heterocycles. The molecule has 23 heavy (non-hydrogen) atoms. The lowest BCUT2D eigenvalue weighted by Gasteiger charge is -2.14. The SMILES string of the molecule is O=C1SC(Nc2ccccc2[N+](=O)[O-])C(=O)N1c1ccccc1. The molecule has 1 fully saturated rings. The summed E-state index contributed by atoms with van der Waals surface area (Å²) in [6.45, 7) is 0. The van der Waals surface area contributed by atoms with E-state index in [4.69, 9.17) is 0 Å². The number of thioether (sulfide) groups is 1. The maximum absolute atomic E-state index is 12.5. The molecule has 1 unspecified atom stereocenters. The maximum atomic E-state index is 12.5. The van der Waals surface area contributed by atoms with Crippen LogP contribution in [0.1, 0.15) is 0 Å². The van der Waals surface area contributed by atoms with Gasteiger partial charge in [0.2, 0.25) is 0 Å². The number of imide groups is 1. The van der Waals surface area contributed by atoms with E-state index in [9.17, 15) is 19.7 Å². The third-order valence-electron chi connectivity index (χ3n) is 3.25. The van der Waals surface area contributed by atoms with Gasteiger partial charge in [-0.1, -0.05) is 30.3 Å². The van der Waals surface area contributed by atoms with Gasteiger partial charge in [-0.15, -0.1) is 0 Å². The summed E-state index contributed by atoms with van der Waals surface area (Å²) in [6.07, 6.45) is 0. The van der Waals surface area contributed by atoms with E-state index in [1.54, 1.807) is 36.4 Å². The van der Waals surface area contributed by atoms with Crippen molar-refractivity contribution in [1.29, 1.82) is 0 Å². The summed E-state index contributed by atoms with van der Waals surface area (Å²) in [4.78, 5) is 36.1. The van der Waals surface area contributed by atoms with E-state index < -0.39 is 21.4 Å². The van der Waals surface area contributed by atoms with Gasteiger partial charge in [0, 0.05) is 6.07 Å². The van der Waals surface area contributed by atoms with Crippen LogP contribution in [0.4, 0.5) is 21.9 Å². The molecule has 2 amide bonds. The van der Waals surface area contributed by atoms with Crippen molar-refractivity contribution in [3.63, 3.8) is 0 Å². The number of hydrogen-bond acceptors (Lipinski definition) is 6. The number of anilines is 2. The molecule has 2 aromatic carbocycles. The van der Waals surface area contributed by atoms with Crippen LogP contribution in [0.15, 0.2) is 54.6 Å². The largest absolute Gasteiger partial charge is 0.359 e. The molecule has 0 saturated carbocycles. The molecule has 1 saturated heterocycles. The quantitative estimate of drug-likeness (QED) is 0.684. The number of amides is 2. The monoisotopic (exact) mass is 329 g/mol. The van der Waals surface area contributed by atoms with Crippen LogP contribution < -0.4 is 10.2 Å².